The highest BCUT2D eigenvalue weighted by Gasteiger charge is 2.16. The summed E-state index contributed by atoms with van der Waals surface area (Å²) in [7, 11) is 2.16. The van der Waals surface area contributed by atoms with Gasteiger partial charge >= 0.3 is 0 Å². The Morgan fingerprint density at radius 3 is 2.18 bits per heavy atom. The van der Waals surface area contributed by atoms with Gasteiger partial charge in [0.25, 0.3) is 0 Å². The van der Waals surface area contributed by atoms with Gasteiger partial charge in [0, 0.05) is 49.3 Å². The second kappa shape index (κ2) is 13.7. The van der Waals surface area contributed by atoms with Gasteiger partial charge in [-0.05, 0) is 79.4 Å². The summed E-state index contributed by atoms with van der Waals surface area (Å²) in [5, 5.41) is 9.63. The van der Waals surface area contributed by atoms with Gasteiger partial charge in [0.1, 0.15) is 17.3 Å². The number of aromatic nitrogens is 2. The van der Waals surface area contributed by atoms with E-state index >= 15 is 0 Å². The fourth-order valence-corrected chi connectivity index (χ4v) is 5.04. The Hall–Kier alpha value is -5.67. The Morgan fingerprint density at radius 2 is 1.47 bits per heavy atom. The summed E-state index contributed by atoms with van der Waals surface area (Å²) in [6.07, 6.45) is 3.03. The monoisotopic (exact) mass is 597 g/mol. The van der Waals surface area contributed by atoms with Gasteiger partial charge in [0.05, 0.1) is 11.4 Å². The molecule has 4 aromatic carbocycles. The normalized spacial score (nSPS) is 13.1. The molecule has 45 heavy (non-hydrogen) atoms. The SMILES string of the molecule is C=CC(=O)Nc1ccccc1Nc1nc(Nc2ccc(N3CCN(C)CC3)cc2)ncc1-c1ccc(Oc2ccccc2)cc1. The second-order valence-electron chi connectivity index (χ2n) is 10.7. The molecule has 0 saturated carbocycles. The summed E-state index contributed by atoms with van der Waals surface area (Å²) >= 11 is 0. The molecule has 0 atom stereocenters. The average molecular weight is 598 g/mol. The van der Waals surface area contributed by atoms with Gasteiger partial charge in [0.2, 0.25) is 11.9 Å². The van der Waals surface area contributed by atoms with Gasteiger partial charge in [0.15, 0.2) is 0 Å². The van der Waals surface area contributed by atoms with Crippen LogP contribution in [0.5, 0.6) is 11.5 Å². The van der Waals surface area contributed by atoms with Crippen LogP contribution in [0.25, 0.3) is 11.1 Å². The molecule has 1 aromatic heterocycles. The molecule has 3 N–H and O–H groups in total. The first-order valence-electron chi connectivity index (χ1n) is 14.8. The minimum absolute atomic E-state index is 0.302. The smallest absolute Gasteiger partial charge is 0.247 e. The zero-order valence-electron chi connectivity index (χ0n) is 25.1. The van der Waals surface area contributed by atoms with E-state index in [1.807, 2.05) is 91.0 Å². The molecule has 9 nitrogen and oxygen atoms in total. The molecule has 1 aliphatic rings. The molecule has 0 unspecified atom stereocenters. The molecule has 1 fully saturated rings. The number of carbonyl (C=O) groups is 1. The van der Waals surface area contributed by atoms with Crippen LogP contribution in [-0.2, 0) is 4.79 Å². The van der Waals surface area contributed by atoms with E-state index < -0.39 is 0 Å². The minimum Gasteiger partial charge on any atom is -0.457 e. The van der Waals surface area contributed by atoms with Crippen LogP contribution in [0.3, 0.4) is 0 Å². The first kappa shape index (κ1) is 29.4. The van der Waals surface area contributed by atoms with E-state index in [1.54, 1.807) is 6.20 Å². The molecule has 1 amide bonds. The molecule has 0 radical (unpaired) electrons. The number of rotatable bonds is 10. The van der Waals surface area contributed by atoms with E-state index in [0.717, 1.165) is 54.5 Å². The van der Waals surface area contributed by atoms with Crippen LogP contribution in [0, 0.1) is 0 Å². The summed E-state index contributed by atoms with van der Waals surface area (Å²) in [6, 6.07) is 33.2. The van der Waals surface area contributed by atoms with Crippen LogP contribution in [0.4, 0.5) is 34.5 Å². The van der Waals surface area contributed by atoms with Gasteiger partial charge in [-0.15, -0.1) is 0 Å². The summed E-state index contributed by atoms with van der Waals surface area (Å²) in [5.41, 5.74) is 5.04. The Bertz CT molecular complexity index is 1750. The van der Waals surface area contributed by atoms with Crippen molar-refractivity contribution in [3.63, 3.8) is 0 Å². The third kappa shape index (κ3) is 7.46. The maximum Gasteiger partial charge on any atom is 0.247 e. The van der Waals surface area contributed by atoms with Gasteiger partial charge in [-0.3, -0.25) is 4.79 Å². The maximum absolute atomic E-state index is 12.1. The van der Waals surface area contributed by atoms with Crippen LogP contribution in [0.15, 0.2) is 122 Å². The molecular weight excluding hydrogens is 562 g/mol. The van der Waals surface area contributed by atoms with Crippen molar-refractivity contribution in [2.45, 2.75) is 0 Å². The van der Waals surface area contributed by atoms with E-state index in [-0.39, 0.29) is 5.91 Å². The van der Waals surface area contributed by atoms with Gasteiger partial charge in [-0.2, -0.15) is 4.98 Å². The number of benzene rings is 4. The Balaban J connectivity index is 1.27. The first-order chi connectivity index (χ1) is 22.0. The van der Waals surface area contributed by atoms with Crippen molar-refractivity contribution in [2.75, 3.05) is 54.1 Å². The van der Waals surface area contributed by atoms with Crippen LogP contribution in [0.1, 0.15) is 0 Å². The minimum atomic E-state index is -0.302. The highest BCUT2D eigenvalue weighted by molar-refractivity contribution is 6.01. The molecule has 0 spiro atoms. The number of para-hydroxylation sites is 3. The molecule has 0 aliphatic carbocycles. The van der Waals surface area contributed by atoms with Crippen LogP contribution in [0.2, 0.25) is 0 Å². The lowest BCUT2D eigenvalue weighted by Gasteiger charge is -2.34. The summed E-state index contributed by atoms with van der Waals surface area (Å²) in [5.74, 6) is 2.18. The molecule has 1 saturated heterocycles. The van der Waals surface area contributed by atoms with Gasteiger partial charge in [-0.25, -0.2) is 4.98 Å². The predicted octanol–water partition coefficient (Wildman–Crippen LogP) is 7.30. The third-order valence-corrected chi connectivity index (χ3v) is 7.55. The summed E-state index contributed by atoms with van der Waals surface area (Å²) < 4.78 is 5.99. The number of hydrogen-bond donors (Lipinski definition) is 3. The molecule has 9 heteroatoms. The van der Waals surface area contributed by atoms with Crippen molar-refractivity contribution in [1.82, 2.24) is 14.9 Å². The van der Waals surface area contributed by atoms with E-state index in [2.05, 4.69) is 56.5 Å². The number of likely N-dealkylation sites (N-methyl/N-ethyl adjacent to an activating group) is 1. The largest absolute Gasteiger partial charge is 0.457 e. The standard InChI is InChI=1S/C36H35N7O2/c1-3-34(44)39-32-11-7-8-12-33(32)40-35-31(26-13-19-30(20-14-26)45-29-9-5-4-6-10-29)25-37-36(41-35)38-27-15-17-28(18-16-27)43-23-21-42(2)22-24-43/h3-20,25H,1,21-24H2,2H3,(H,39,44)(H2,37,38,40,41). The highest BCUT2D eigenvalue weighted by Crippen LogP contribution is 2.34. The second-order valence-corrected chi connectivity index (χ2v) is 10.7. The number of anilines is 6. The average Bonchev–Trinajstić information content (AvgIpc) is 3.07. The molecule has 1 aliphatic heterocycles. The number of hydrogen-bond acceptors (Lipinski definition) is 8. The maximum atomic E-state index is 12.1. The molecule has 6 rings (SSSR count). The summed E-state index contributed by atoms with van der Waals surface area (Å²) in [6.45, 7) is 7.70. The van der Waals surface area contributed by atoms with Gasteiger partial charge < -0.3 is 30.5 Å². The number of amides is 1. The number of ether oxygens (including phenoxy) is 1. The van der Waals surface area contributed by atoms with Crippen LogP contribution < -0.4 is 25.6 Å². The Kier molecular flexibility index (Phi) is 8.98. The topological polar surface area (TPSA) is 94.6 Å². The number of nitrogens with one attached hydrogen (secondary N) is 3. The first-order valence-corrected chi connectivity index (χ1v) is 14.8. The molecule has 5 aromatic rings. The van der Waals surface area contributed by atoms with Crippen molar-refractivity contribution in [3.8, 4) is 22.6 Å². The van der Waals surface area contributed by atoms with E-state index in [1.165, 1.54) is 11.8 Å². The fourth-order valence-electron chi connectivity index (χ4n) is 5.04. The molecule has 226 valence electrons. The van der Waals surface area contributed by atoms with Crippen molar-refractivity contribution in [1.29, 1.82) is 0 Å². The molecular formula is C36H35N7O2. The van der Waals surface area contributed by atoms with Gasteiger partial charge in [-0.1, -0.05) is 49.0 Å². The fraction of sp³-hybridized carbons (Fsp3) is 0.139. The number of carbonyl (C=O) groups excluding carboxylic acids is 1. The number of piperazine rings is 1. The predicted molar refractivity (Wildman–Crippen MR) is 182 cm³/mol. The van der Waals surface area contributed by atoms with Crippen molar-refractivity contribution >= 4 is 40.4 Å². The quantitative estimate of drug-likeness (QED) is 0.144. The van der Waals surface area contributed by atoms with Crippen molar-refractivity contribution in [2.24, 2.45) is 0 Å². The zero-order valence-corrected chi connectivity index (χ0v) is 25.1. The van der Waals surface area contributed by atoms with Crippen LogP contribution in [-0.4, -0.2) is 54.0 Å². The van der Waals surface area contributed by atoms with E-state index in [9.17, 15) is 4.79 Å². The molecule has 2 heterocycles. The van der Waals surface area contributed by atoms with Crippen molar-refractivity contribution < 1.29 is 9.53 Å². The lowest BCUT2D eigenvalue weighted by atomic mass is 10.1. The highest BCUT2D eigenvalue weighted by atomic mass is 16.5. The van der Waals surface area contributed by atoms with Crippen LogP contribution >= 0.6 is 0 Å². The number of nitrogens with zero attached hydrogens (tertiary/aromatic N) is 4. The zero-order chi connectivity index (χ0) is 31.0. The Morgan fingerprint density at radius 1 is 0.800 bits per heavy atom. The Labute approximate surface area is 263 Å². The molecule has 0 bridgehead atoms. The van der Waals surface area contributed by atoms with E-state index in [4.69, 9.17) is 9.72 Å². The van der Waals surface area contributed by atoms with E-state index in [0.29, 0.717) is 23.1 Å². The third-order valence-electron chi connectivity index (χ3n) is 7.55. The summed E-state index contributed by atoms with van der Waals surface area (Å²) in [4.78, 5) is 26.4. The lowest BCUT2D eigenvalue weighted by Crippen LogP contribution is -2.44. The van der Waals surface area contributed by atoms with Crippen molar-refractivity contribution in [3.05, 3.63) is 122 Å². The lowest BCUT2D eigenvalue weighted by molar-refractivity contribution is -0.111.